The highest BCUT2D eigenvalue weighted by Gasteiger charge is 2.42. The van der Waals surface area contributed by atoms with Gasteiger partial charge in [0.25, 0.3) is 0 Å². The summed E-state index contributed by atoms with van der Waals surface area (Å²) in [6.07, 6.45) is -3.83. The zero-order chi connectivity index (χ0) is 14.8. The van der Waals surface area contributed by atoms with E-state index in [1.807, 2.05) is 0 Å². The number of carbonyl (C=O) groups excluding carboxylic acids is 1. The van der Waals surface area contributed by atoms with Crippen LogP contribution >= 0.6 is 0 Å². The largest absolute Gasteiger partial charge is 0.490 e. The summed E-state index contributed by atoms with van der Waals surface area (Å²) in [6.45, 7) is 0. The van der Waals surface area contributed by atoms with E-state index in [0.717, 1.165) is 0 Å². The number of halogens is 3. The second kappa shape index (κ2) is 5.33. The molecule has 8 heteroatoms. The number of oxazole rings is 1. The van der Waals surface area contributed by atoms with Crippen LogP contribution in [0.4, 0.5) is 13.2 Å². The number of hydrogen-bond donors (Lipinski definition) is 1. The molecule has 0 saturated heterocycles. The molecule has 0 saturated carbocycles. The SMILES string of the molecule is NC(OC(=O)C(F)(F)F)c1ccc(-c2cnco2)cc1. The normalized spacial score (nSPS) is 13.0. The number of benzene rings is 1. The molecule has 5 nitrogen and oxygen atoms in total. The predicted octanol–water partition coefficient (Wildman–Crippen LogP) is 2.40. The quantitative estimate of drug-likeness (QED) is 0.692. The Balaban J connectivity index is 2.08. The van der Waals surface area contributed by atoms with Gasteiger partial charge in [-0.2, -0.15) is 13.2 Å². The number of nitrogens with zero attached hydrogens (tertiary/aromatic N) is 1. The molecule has 0 amide bonds. The molecule has 0 bridgehead atoms. The molecule has 0 aliphatic rings. The molecule has 0 aliphatic heterocycles. The predicted molar refractivity (Wildman–Crippen MR) is 61.0 cm³/mol. The molecule has 2 aromatic rings. The molecule has 1 unspecified atom stereocenters. The van der Waals surface area contributed by atoms with E-state index in [4.69, 9.17) is 10.2 Å². The zero-order valence-corrected chi connectivity index (χ0v) is 9.92. The summed E-state index contributed by atoms with van der Waals surface area (Å²) in [5.41, 5.74) is 6.28. The number of ether oxygens (including phenoxy) is 1. The molecule has 20 heavy (non-hydrogen) atoms. The van der Waals surface area contributed by atoms with Gasteiger partial charge in [-0.05, 0) is 0 Å². The lowest BCUT2D eigenvalue weighted by Gasteiger charge is -2.14. The maximum absolute atomic E-state index is 12.0. The fourth-order valence-electron chi connectivity index (χ4n) is 1.45. The van der Waals surface area contributed by atoms with Crippen molar-refractivity contribution in [1.82, 2.24) is 4.98 Å². The maximum Gasteiger partial charge on any atom is 0.490 e. The lowest BCUT2D eigenvalue weighted by atomic mass is 10.1. The summed E-state index contributed by atoms with van der Waals surface area (Å²) < 4.78 is 45.2. The van der Waals surface area contributed by atoms with Gasteiger partial charge in [-0.3, -0.25) is 5.73 Å². The highest BCUT2D eigenvalue weighted by Crippen LogP contribution is 2.23. The minimum Gasteiger partial charge on any atom is -0.444 e. The second-order valence-corrected chi connectivity index (χ2v) is 3.81. The molecule has 2 N–H and O–H groups in total. The second-order valence-electron chi connectivity index (χ2n) is 3.81. The van der Waals surface area contributed by atoms with E-state index in [-0.39, 0.29) is 5.56 Å². The highest BCUT2D eigenvalue weighted by atomic mass is 19.4. The van der Waals surface area contributed by atoms with Crippen LogP contribution in [0.2, 0.25) is 0 Å². The molecular weight excluding hydrogens is 277 g/mol. The van der Waals surface area contributed by atoms with Crippen LogP contribution in [-0.2, 0) is 9.53 Å². The highest BCUT2D eigenvalue weighted by molar-refractivity contribution is 5.75. The lowest BCUT2D eigenvalue weighted by molar-refractivity contribution is -0.205. The first-order valence-electron chi connectivity index (χ1n) is 5.40. The van der Waals surface area contributed by atoms with E-state index in [9.17, 15) is 18.0 Å². The third kappa shape index (κ3) is 3.15. The van der Waals surface area contributed by atoms with Crippen molar-refractivity contribution in [1.29, 1.82) is 0 Å². The number of nitrogens with two attached hydrogens (primary N) is 1. The van der Waals surface area contributed by atoms with Crippen molar-refractivity contribution in [2.75, 3.05) is 0 Å². The first kappa shape index (κ1) is 14.1. The van der Waals surface area contributed by atoms with Crippen molar-refractivity contribution in [3.05, 3.63) is 42.4 Å². The van der Waals surface area contributed by atoms with Crippen LogP contribution < -0.4 is 5.73 Å². The fourth-order valence-corrected chi connectivity index (χ4v) is 1.45. The third-order valence-electron chi connectivity index (χ3n) is 2.42. The molecule has 1 aromatic carbocycles. The molecule has 1 heterocycles. The average molecular weight is 286 g/mol. The standard InChI is InChI=1S/C12H9F3N2O3/c13-12(14,15)11(18)20-10(16)8-3-1-7(2-4-8)9-5-17-6-19-9/h1-6,10H,16H2. The number of aromatic nitrogens is 1. The number of carbonyl (C=O) groups is 1. The van der Waals surface area contributed by atoms with Crippen molar-refractivity contribution in [3.8, 4) is 11.3 Å². The maximum atomic E-state index is 12.0. The topological polar surface area (TPSA) is 78.4 Å². The number of hydrogen-bond acceptors (Lipinski definition) is 5. The summed E-state index contributed by atoms with van der Waals surface area (Å²) in [5, 5.41) is 0. The van der Waals surface area contributed by atoms with Gasteiger partial charge in [-0.15, -0.1) is 0 Å². The Hall–Kier alpha value is -2.35. The van der Waals surface area contributed by atoms with Crippen LogP contribution in [-0.4, -0.2) is 17.1 Å². The molecule has 1 atom stereocenters. The van der Waals surface area contributed by atoms with Gasteiger partial charge in [0, 0.05) is 11.1 Å². The van der Waals surface area contributed by atoms with Crippen LogP contribution in [0.1, 0.15) is 11.8 Å². The van der Waals surface area contributed by atoms with Gasteiger partial charge in [-0.1, -0.05) is 24.3 Å². The number of alkyl halides is 3. The lowest BCUT2D eigenvalue weighted by Crippen LogP contribution is -2.29. The summed E-state index contributed by atoms with van der Waals surface area (Å²) in [6, 6.07) is 6.01. The Morgan fingerprint density at radius 2 is 1.95 bits per heavy atom. The molecule has 2 rings (SSSR count). The van der Waals surface area contributed by atoms with Crippen molar-refractivity contribution < 1.29 is 27.1 Å². The third-order valence-corrected chi connectivity index (χ3v) is 2.42. The van der Waals surface area contributed by atoms with Crippen LogP contribution in [0.3, 0.4) is 0 Å². The molecular formula is C12H9F3N2O3. The Morgan fingerprint density at radius 3 is 2.45 bits per heavy atom. The van der Waals surface area contributed by atoms with Crippen molar-refractivity contribution >= 4 is 5.97 Å². The Bertz CT molecular complexity index is 579. The summed E-state index contributed by atoms with van der Waals surface area (Å²) >= 11 is 0. The van der Waals surface area contributed by atoms with E-state index in [2.05, 4.69) is 9.72 Å². The minimum atomic E-state index is -5.07. The van der Waals surface area contributed by atoms with Gasteiger partial charge >= 0.3 is 12.1 Å². The molecule has 1 aromatic heterocycles. The fraction of sp³-hybridized carbons (Fsp3) is 0.167. The van der Waals surface area contributed by atoms with E-state index in [1.54, 1.807) is 12.1 Å². The Kier molecular flexibility index (Phi) is 3.75. The zero-order valence-electron chi connectivity index (χ0n) is 9.92. The number of esters is 1. The minimum absolute atomic E-state index is 0.228. The van der Waals surface area contributed by atoms with E-state index < -0.39 is 18.4 Å². The molecule has 0 fully saturated rings. The van der Waals surface area contributed by atoms with E-state index in [0.29, 0.717) is 11.3 Å². The number of rotatable bonds is 3. The first-order chi connectivity index (χ1) is 9.38. The van der Waals surface area contributed by atoms with Crippen molar-refractivity contribution in [2.24, 2.45) is 5.73 Å². The van der Waals surface area contributed by atoms with Crippen LogP contribution in [0.15, 0.2) is 41.3 Å². The first-order valence-corrected chi connectivity index (χ1v) is 5.40. The van der Waals surface area contributed by atoms with Gasteiger partial charge < -0.3 is 9.15 Å². The van der Waals surface area contributed by atoms with Crippen LogP contribution in [0.25, 0.3) is 11.3 Å². The van der Waals surface area contributed by atoms with Crippen molar-refractivity contribution in [2.45, 2.75) is 12.4 Å². The molecule has 0 radical (unpaired) electrons. The Labute approximate surface area is 111 Å². The molecule has 106 valence electrons. The smallest absolute Gasteiger partial charge is 0.444 e. The van der Waals surface area contributed by atoms with Gasteiger partial charge in [-0.25, -0.2) is 9.78 Å². The van der Waals surface area contributed by atoms with Crippen LogP contribution in [0, 0.1) is 0 Å². The van der Waals surface area contributed by atoms with Crippen LogP contribution in [0.5, 0.6) is 0 Å². The summed E-state index contributed by atoms with van der Waals surface area (Å²) in [4.78, 5) is 14.4. The van der Waals surface area contributed by atoms with Gasteiger partial charge in [0.15, 0.2) is 18.4 Å². The van der Waals surface area contributed by atoms with Gasteiger partial charge in [0.05, 0.1) is 6.20 Å². The van der Waals surface area contributed by atoms with Gasteiger partial charge in [0.1, 0.15) is 0 Å². The molecule has 0 aliphatic carbocycles. The van der Waals surface area contributed by atoms with Crippen molar-refractivity contribution in [3.63, 3.8) is 0 Å². The van der Waals surface area contributed by atoms with E-state index in [1.165, 1.54) is 24.7 Å². The van der Waals surface area contributed by atoms with E-state index >= 15 is 0 Å². The summed E-state index contributed by atoms with van der Waals surface area (Å²) in [7, 11) is 0. The van der Waals surface area contributed by atoms with Gasteiger partial charge in [0.2, 0.25) is 0 Å². The Morgan fingerprint density at radius 1 is 1.30 bits per heavy atom. The monoisotopic (exact) mass is 286 g/mol. The molecule has 0 spiro atoms. The average Bonchev–Trinajstić information content (AvgIpc) is 2.91. The summed E-state index contributed by atoms with van der Waals surface area (Å²) in [5.74, 6) is -1.83.